The molecule has 0 radical (unpaired) electrons. The van der Waals surface area contributed by atoms with Gasteiger partial charge in [-0.3, -0.25) is 4.79 Å². The number of fused-ring (bicyclic) bond motifs is 1. The van der Waals surface area contributed by atoms with Crippen LogP contribution < -0.4 is 5.56 Å². The minimum absolute atomic E-state index is 0.0715. The van der Waals surface area contributed by atoms with Crippen molar-refractivity contribution in [2.24, 2.45) is 0 Å². The highest BCUT2D eigenvalue weighted by molar-refractivity contribution is 7.99. The predicted octanol–water partition coefficient (Wildman–Crippen LogP) is 3.98. The van der Waals surface area contributed by atoms with Gasteiger partial charge in [0.1, 0.15) is 5.82 Å². The number of para-hydroxylation sites is 1. The van der Waals surface area contributed by atoms with E-state index in [1.54, 1.807) is 22.5 Å². The van der Waals surface area contributed by atoms with Crippen molar-refractivity contribution in [2.75, 3.05) is 0 Å². The van der Waals surface area contributed by atoms with Crippen LogP contribution in [-0.2, 0) is 0 Å². The summed E-state index contributed by atoms with van der Waals surface area (Å²) in [5, 5.41) is 1.68. The van der Waals surface area contributed by atoms with E-state index in [4.69, 9.17) is 4.98 Å². The fraction of sp³-hybridized carbons (Fsp3) is 0.278. The Balaban J connectivity index is 2.27. The summed E-state index contributed by atoms with van der Waals surface area (Å²) in [5.41, 5.74) is 1.72. The summed E-state index contributed by atoms with van der Waals surface area (Å²) in [7, 11) is 0. The molecule has 118 valence electrons. The van der Waals surface area contributed by atoms with E-state index in [9.17, 15) is 4.79 Å². The third-order valence-corrected chi connectivity index (χ3v) is 4.97. The summed E-state index contributed by atoms with van der Waals surface area (Å²) in [5.74, 6) is 0.615. The maximum atomic E-state index is 13.0. The van der Waals surface area contributed by atoms with Crippen LogP contribution in [0.15, 0.2) is 52.5 Å². The highest BCUT2D eigenvalue weighted by Crippen LogP contribution is 2.25. The monoisotopic (exact) mass is 325 g/mol. The van der Waals surface area contributed by atoms with E-state index in [0.717, 1.165) is 17.5 Å². The summed E-state index contributed by atoms with van der Waals surface area (Å²) in [6, 6.07) is 11.3. The first kappa shape index (κ1) is 15.7. The lowest BCUT2D eigenvalue weighted by atomic mass is 10.2. The van der Waals surface area contributed by atoms with Crippen LogP contribution in [0.4, 0.5) is 0 Å². The molecule has 0 aliphatic carbocycles. The first-order valence-electron chi connectivity index (χ1n) is 7.71. The van der Waals surface area contributed by atoms with Gasteiger partial charge in [0.2, 0.25) is 0 Å². The first-order chi connectivity index (χ1) is 11.1. The molecule has 0 bridgehead atoms. The first-order valence-corrected chi connectivity index (χ1v) is 8.59. The highest BCUT2D eigenvalue weighted by atomic mass is 32.2. The van der Waals surface area contributed by atoms with Crippen LogP contribution in [0.3, 0.4) is 0 Å². The van der Waals surface area contributed by atoms with E-state index in [0.29, 0.717) is 21.6 Å². The Kier molecular flexibility index (Phi) is 4.48. The molecule has 0 amide bonds. The Labute approximate surface area is 139 Å². The molecule has 23 heavy (non-hydrogen) atoms. The van der Waals surface area contributed by atoms with E-state index >= 15 is 0 Å². The van der Waals surface area contributed by atoms with Gasteiger partial charge in [-0.05, 0) is 37.1 Å². The van der Waals surface area contributed by atoms with Crippen molar-refractivity contribution in [3.8, 4) is 5.82 Å². The fourth-order valence-electron chi connectivity index (χ4n) is 2.25. The molecule has 0 spiro atoms. The van der Waals surface area contributed by atoms with Gasteiger partial charge in [-0.1, -0.05) is 43.8 Å². The van der Waals surface area contributed by atoms with Gasteiger partial charge < -0.3 is 0 Å². The van der Waals surface area contributed by atoms with Crippen LogP contribution in [0.5, 0.6) is 0 Å². The average Bonchev–Trinajstić information content (AvgIpc) is 2.56. The van der Waals surface area contributed by atoms with Crippen LogP contribution in [-0.4, -0.2) is 19.8 Å². The molecule has 3 rings (SSSR count). The van der Waals surface area contributed by atoms with Crippen LogP contribution in [0.1, 0.15) is 25.8 Å². The zero-order chi connectivity index (χ0) is 16.4. The molecule has 0 saturated heterocycles. The van der Waals surface area contributed by atoms with Crippen LogP contribution >= 0.6 is 11.8 Å². The number of thioether (sulfide) groups is 1. The number of aromatic nitrogens is 3. The Morgan fingerprint density at radius 2 is 2.00 bits per heavy atom. The molecule has 0 aliphatic heterocycles. The lowest BCUT2D eigenvalue weighted by Gasteiger charge is -2.15. The normalized spacial score (nSPS) is 12.5. The number of rotatable bonds is 4. The van der Waals surface area contributed by atoms with Crippen LogP contribution in [0.25, 0.3) is 16.7 Å². The van der Waals surface area contributed by atoms with Crippen molar-refractivity contribution in [1.82, 2.24) is 14.5 Å². The molecular weight excluding hydrogens is 306 g/mol. The lowest BCUT2D eigenvalue weighted by Crippen LogP contribution is -2.23. The molecule has 0 N–H and O–H groups in total. The van der Waals surface area contributed by atoms with Gasteiger partial charge in [0.05, 0.1) is 10.9 Å². The van der Waals surface area contributed by atoms with Crippen molar-refractivity contribution >= 4 is 22.7 Å². The molecule has 4 nitrogen and oxygen atoms in total. The van der Waals surface area contributed by atoms with Gasteiger partial charge in [0.15, 0.2) is 5.16 Å². The summed E-state index contributed by atoms with van der Waals surface area (Å²) >= 11 is 1.61. The Morgan fingerprint density at radius 3 is 2.70 bits per heavy atom. The number of nitrogens with zero attached hydrogens (tertiary/aromatic N) is 3. The molecule has 1 atom stereocenters. The zero-order valence-corrected chi connectivity index (χ0v) is 14.3. The zero-order valence-electron chi connectivity index (χ0n) is 13.5. The minimum atomic E-state index is -0.0715. The molecule has 0 fully saturated rings. The lowest BCUT2D eigenvalue weighted by molar-refractivity contribution is 0.785. The number of aryl methyl sites for hydroxylation is 1. The van der Waals surface area contributed by atoms with Gasteiger partial charge in [-0.2, -0.15) is 0 Å². The van der Waals surface area contributed by atoms with Gasteiger partial charge in [0, 0.05) is 11.4 Å². The molecule has 0 aliphatic rings. The Morgan fingerprint density at radius 1 is 1.22 bits per heavy atom. The fourth-order valence-corrected chi connectivity index (χ4v) is 3.21. The van der Waals surface area contributed by atoms with Crippen molar-refractivity contribution in [1.29, 1.82) is 0 Å². The largest absolute Gasteiger partial charge is 0.268 e. The Bertz CT molecular complexity index is 887. The number of hydrogen-bond donors (Lipinski definition) is 0. The Hall–Kier alpha value is -2.14. The molecule has 3 aromatic rings. The molecule has 1 aromatic carbocycles. The molecule has 5 heteroatoms. The number of benzene rings is 1. The standard InChI is InChI=1S/C18H19N3OS/c1-4-13(3)23-18-20-15-8-6-5-7-14(15)17(22)21(18)16-10-9-12(2)11-19-16/h5-11,13H,4H2,1-3H3. The molecular formula is C18H19N3OS. The second-order valence-electron chi connectivity index (χ2n) is 5.58. The molecule has 0 saturated carbocycles. The van der Waals surface area contributed by atoms with Crippen molar-refractivity contribution in [3.63, 3.8) is 0 Å². The molecule has 1 unspecified atom stereocenters. The van der Waals surface area contributed by atoms with E-state index in [1.807, 2.05) is 43.3 Å². The predicted molar refractivity (Wildman–Crippen MR) is 95.5 cm³/mol. The summed E-state index contributed by atoms with van der Waals surface area (Å²) in [6.45, 7) is 6.25. The topological polar surface area (TPSA) is 47.8 Å². The highest BCUT2D eigenvalue weighted by Gasteiger charge is 2.15. The van der Waals surface area contributed by atoms with Gasteiger partial charge in [-0.25, -0.2) is 14.5 Å². The van der Waals surface area contributed by atoms with E-state index in [2.05, 4.69) is 18.8 Å². The van der Waals surface area contributed by atoms with Crippen molar-refractivity contribution < 1.29 is 0 Å². The third kappa shape index (κ3) is 3.15. The third-order valence-electron chi connectivity index (χ3n) is 3.75. The van der Waals surface area contributed by atoms with Gasteiger partial charge in [0.25, 0.3) is 5.56 Å². The summed E-state index contributed by atoms with van der Waals surface area (Å²) in [4.78, 5) is 22.1. The average molecular weight is 325 g/mol. The van der Waals surface area contributed by atoms with E-state index < -0.39 is 0 Å². The van der Waals surface area contributed by atoms with Crippen LogP contribution in [0.2, 0.25) is 0 Å². The quantitative estimate of drug-likeness (QED) is 0.538. The summed E-state index contributed by atoms with van der Waals surface area (Å²) < 4.78 is 1.62. The maximum Gasteiger partial charge on any atom is 0.267 e. The van der Waals surface area contributed by atoms with Crippen LogP contribution in [0, 0.1) is 6.92 Å². The van der Waals surface area contributed by atoms with E-state index in [-0.39, 0.29) is 5.56 Å². The van der Waals surface area contributed by atoms with Gasteiger partial charge >= 0.3 is 0 Å². The smallest absolute Gasteiger partial charge is 0.267 e. The maximum absolute atomic E-state index is 13.0. The molecule has 2 heterocycles. The summed E-state index contributed by atoms with van der Waals surface area (Å²) in [6.07, 6.45) is 2.78. The molecule has 2 aromatic heterocycles. The number of pyridine rings is 1. The van der Waals surface area contributed by atoms with Crippen molar-refractivity contribution in [3.05, 3.63) is 58.5 Å². The van der Waals surface area contributed by atoms with Gasteiger partial charge in [-0.15, -0.1) is 0 Å². The second-order valence-corrected chi connectivity index (χ2v) is 6.99. The minimum Gasteiger partial charge on any atom is -0.268 e. The van der Waals surface area contributed by atoms with Crippen molar-refractivity contribution in [2.45, 2.75) is 37.6 Å². The second kappa shape index (κ2) is 6.54. The SMILES string of the molecule is CCC(C)Sc1nc2ccccc2c(=O)n1-c1ccc(C)cn1. The van der Waals surface area contributed by atoms with E-state index in [1.165, 1.54) is 0 Å². The number of hydrogen-bond acceptors (Lipinski definition) is 4.